The molecule has 0 radical (unpaired) electrons. The normalized spacial score (nSPS) is 11.4. The molecule has 0 unspecified atom stereocenters. The maximum Gasteiger partial charge on any atom is 0.277 e. The van der Waals surface area contributed by atoms with Crippen LogP contribution in [-0.2, 0) is 4.79 Å². The van der Waals surface area contributed by atoms with Crippen molar-refractivity contribution < 1.29 is 31.0 Å². The van der Waals surface area contributed by atoms with E-state index < -0.39 is 0 Å². The Morgan fingerprint density at radius 1 is 0.941 bits per heavy atom. The maximum absolute atomic E-state index is 13.2. The van der Waals surface area contributed by atoms with Crippen molar-refractivity contribution in [1.29, 1.82) is 0 Å². The predicted molar refractivity (Wildman–Crippen MR) is 142 cm³/mol. The molecule has 1 rings (SSSR count). The number of quaternary nitrogens is 1. The number of amides is 1. The second-order valence-electron chi connectivity index (χ2n) is 10.7. The second kappa shape index (κ2) is 18.2. The number of carbonyl (C=O) groups excluding carboxylic acids is 1. The van der Waals surface area contributed by atoms with E-state index in [0.29, 0.717) is 29.5 Å². The van der Waals surface area contributed by atoms with Crippen molar-refractivity contribution in [2.45, 2.75) is 98.3 Å². The molecule has 0 atom stereocenters. The van der Waals surface area contributed by atoms with E-state index in [1.165, 1.54) is 49.7 Å². The van der Waals surface area contributed by atoms with Gasteiger partial charge in [-0.3, -0.25) is 4.79 Å². The summed E-state index contributed by atoms with van der Waals surface area (Å²) in [5.41, 5.74) is 2.50. The molecule has 198 valence electrons. The fourth-order valence-electron chi connectivity index (χ4n) is 4.28. The lowest BCUT2D eigenvalue weighted by Crippen LogP contribution is -3.00. The van der Waals surface area contributed by atoms with Crippen LogP contribution >= 0.6 is 0 Å². The van der Waals surface area contributed by atoms with E-state index in [-0.39, 0.29) is 17.0 Å². The summed E-state index contributed by atoms with van der Waals surface area (Å²) in [5, 5.41) is 0. The van der Waals surface area contributed by atoms with E-state index in [4.69, 9.17) is 4.74 Å². The van der Waals surface area contributed by atoms with Crippen LogP contribution in [0, 0.1) is 6.92 Å². The Morgan fingerprint density at radius 3 is 2.06 bits per heavy atom. The Hall–Kier alpha value is -1.07. The molecule has 1 aromatic carbocycles. The standard InChI is InChI=1S/C29H53N2O2.BrH/c1-8-10-12-14-19-30(20-15-13-11-9-2)29(32)24-31(6,7)21-16-22-33-28-23-26(5)17-18-27(28)25(3)4;/h17-18,23,25H,8-16,19-22,24H2,1-7H3;1H/q+1;/p-1. The monoisotopic (exact) mass is 540 g/mol. The van der Waals surface area contributed by atoms with Crippen LogP contribution in [-0.4, -0.2) is 62.2 Å². The van der Waals surface area contributed by atoms with Gasteiger partial charge in [0.25, 0.3) is 5.91 Å². The number of hydrogen-bond acceptors (Lipinski definition) is 2. The van der Waals surface area contributed by atoms with Crippen molar-refractivity contribution in [3.8, 4) is 5.75 Å². The zero-order chi connectivity index (χ0) is 24.7. The molecule has 5 heteroatoms. The summed E-state index contributed by atoms with van der Waals surface area (Å²) in [4.78, 5) is 15.3. The molecule has 34 heavy (non-hydrogen) atoms. The van der Waals surface area contributed by atoms with Crippen LogP contribution in [0.15, 0.2) is 18.2 Å². The fraction of sp³-hybridized carbons (Fsp3) is 0.759. The molecule has 0 aromatic heterocycles. The first kappa shape index (κ1) is 32.9. The minimum Gasteiger partial charge on any atom is -1.00 e. The Balaban J connectivity index is 0.0000109. The van der Waals surface area contributed by atoms with Crippen molar-refractivity contribution in [3.05, 3.63) is 29.3 Å². The molecule has 0 fully saturated rings. The third-order valence-electron chi connectivity index (χ3n) is 6.44. The first-order valence-electron chi connectivity index (χ1n) is 13.5. The van der Waals surface area contributed by atoms with Gasteiger partial charge in [0.2, 0.25) is 0 Å². The molecule has 0 saturated carbocycles. The highest BCUT2D eigenvalue weighted by atomic mass is 79.9. The molecule has 0 bridgehead atoms. The average Bonchev–Trinajstić information content (AvgIpc) is 2.75. The van der Waals surface area contributed by atoms with Gasteiger partial charge in [-0.2, -0.15) is 0 Å². The van der Waals surface area contributed by atoms with E-state index in [2.05, 4.69) is 71.8 Å². The van der Waals surface area contributed by atoms with Gasteiger partial charge >= 0.3 is 0 Å². The summed E-state index contributed by atoms with van der Waals surface area (Å²) in [6.45, 7) is 15.0. The number of halogens is 1. The summed E-state index contributed by atoms with van der Waals surface area (Å²) in [5.74, 6) is 1.78. The zero-order valence-electron chi connectivity index (χ0n) is 23.3. The molecule has 1 aromatic rings. The van der Waals surface area contributed by atoms with Crippen molar-refractivity contribution in [1.82, 2.24) is 4.90 Å². The lowest BCUT2D eigenvalue weighted by atomic mass is 10.0. The highest BCUT2D eigenvalue weighted by Crippen LogP contribution is 2.27. The summed E-state index contributed by atoms with van der Waals surface area (Å²) in [6.07, 6.45) is 10.6. The lowest BCUT2D eigenvalue weighted by Gasteiger charge is -2.32. The molecule has 0 heterocycles. The van der Waals surface area contributed by atoms with Gasteiger partial charge in [0, 0.05) is 19.5 Å². The van der Waals surface area contributed by atoms with Crippen LogP contribution < -0.4 is 21.7 Å². The van der Waals surface area contributed by atoms with E-state index in [9.17, 15) is 4.79 Å². The molecule has 0 N–H and O–H groups in total. The molecule has 0 saturated heterocycles. The van der Waals surface area contributed by atoms with Gasteiger partial charge < -0.3 is 31.1 Å². The zero-order valence-corrected chi connectivity index (χ0v) is 24.9. The van der Waals surface area contributed by atoms with Crippen molar-refractivity contribution in [2.24, 2.45) is 0 Å². The second-order valence-corrected chi connectivity index (χ2v) is 10.7. The molecular weight excluding hydrogens is 488 g/mol. The molecule has 0 aliphatic carbocycles. The van der Waals surface area contributed by atoms with Crippen LogP contribution in [0.2, 0.25) is 0 Å². The number of aryl methyl sites for hydroxylation is 1. The number of benzene rings is 1. The van der Waals surface area contributed by atoms with Crippen molar-refractivity contribution >= 4 is 5.91 Å². The molecule has 4 nitrogen and oxygen atoms in total. The van der Waals surface area contributed by atoms with Gasteiger partial charge in [-0.15, -0.1) is 0 Å². The Kier molecular flexibility index (Phi) is 17.7. The maximum atomic E-state index is 13.2. The number of nitrogens with zero attached hydrogens (tertiary/aromatic N) is 2. The van der Waals surface area contributed by atoms with Crippen LogP contribution in [0.5, 0.6) is 5.75 Å². The van der Waals surface area contributed by atoms with Gasteiger partial charge in [0.05, 0.1) is 27.2 Å². The van der Waals surface area contributed by atoms with Crippen molar-refractivity contribution in [3.63, 3.8) is 0 Å². The molecule has 1 amide bonds. The summed E-state index contributed by atoms with van der Waals surface area (Å²) in [7, 11) is 4.35. The number of rotatable bonds is 18. The fourth-order valence-corrected chi connectivity index (χ4v) is 4.28. The summed E-state index contributed by atoms with van der Waals surface area (Å²) >= 11 is 0. The van der Waals surface area contributed by atoms with E-state index in [1.54, 1.807) is 0 Å². The first-order valence-corrected chi connectivity index (χ1v) is 13.5. The molecule has 0 spiro atoms. The number of ether oxygens (including phenoxy) is 1. The highest BCUT2D eigenvalue weighted by Gasteiger charge is 2.24. The Morgan fingerprint density at radius 2 is 1.53 bits per heavy atom. The van der Waals surface area contributed by atoms with Gasteiger partial charge in [0.1, 0.15) is 5.75 Å². The highest BCUT2D eigenvalue weighted by molar-refractivity contribution is 5.77. The predicted octanol–water partition coefficient (Wildman–Crippen LogP) is 3.96. The Bertz CT molecular complexity index is 664. The molecule has 0 aliphatic rings. The largest absolute Gasteiger partial charge is 1.00 e. The number of unbranched alkanes of at least 4 members (excludes halogenated alkanes) is 6. The average molecular weight is 542 g/mol. The van der Waals surface area contributed by atoms with Crippen LogP contribution in [0.3, 0.4) is 0 Å². The quantitative estimate of drug-likeness (QED) is 0.208. The third-order valence-corrected chi connectivity index (χ3v) is 6.44. The van der Waals surface area contributed by atoms with Crippen LogP contribution in [0.25, 0.3) is 0 Å². The SMILES string of the molecule is CCCCCCN(CCCCCC)C(=O)C[N+](C)(C)CCCOc1cc(C)ccc1C(C)C.[Br-]. The smallest absolute Gasteiger partial charge is 0.277 e. The Labute approximate surface area is 221 Å². The summed E-state index contributed by atoms with van der Waals surface area (Å²) < 4.78 is 6.89. The number of carbonyl (C=O) groups is 1. The van der Waals surface area contributed by atoms with Crippen LogP contribution in [0.1, 0.15) is 103 Å². The number of hydrogen-bond donors (Lipinski definition) is 0. The van der Waals surface area contributed by atoms with Gasteiger partial charge in [0.15, 0.2) is 6.54 Å². The number of likely N-dealkylation sites (N-methyl/N-ethyl adjacent to an activating group) is 1. The summed E-state index contributed by atoms with van der Waals surface area (Å²) in [6, 6.07) is 6.49. The van der Waals surface area contributed by atoms with E-state index in [1.807, 2.05) is 0 Å². The van der Waals surface area contributed by atoms with Gasteiger partial charge in [-0.1, -0.05) is 78.4 Å². The topological polar surface area (TPSA) is 29.5 Å². The van der Waals surface area contributed by atoms with Gasteiger partial charge in [-0.25, -0.2) is 0 Å². The van der Waals surface area contributed by atoms with Crippen LogP contribution in [0.4, 0.5) is 0 Å². The van der Waals surface area contributed by atoms with Crippen molar-refractivity contribution in [2.75, 3.05) is 46.9 Å². The molecular formula is C29H53BrN2O2. The lowest BCUT2D eigenvalue weighted by molar-refractivity contribution is -0.882. The minimum atomic E-state index is 0. The van der Waals surface area contributed by atoms with Gasteiger partial charge in [-0.05, 0) is 42.9 Å². The van der Waals surface area contributed by atoms with E-state index in [0.717, 1.165) is 44.6 Å². The third kappa shape index (κ3) is 13.7. The minimum absolute atomic E-state index is 0. The van der Waals surface area contributed by atoms with E-state index >= 15 is 0 Å². The molecule has 0 aliphatic heterocycles. The first-order chi connectivity index (χ1) is 15.7.